The highest BCUT2D eigenvalue weighted by Crippen LogP contribution is 2.33. The van der Waals surface area contributed by atoms with Gasteiger partial charge in [0, 0.05) is 17.5 Å². The van der Waals surface area contributed by atoms with E-state index >= 15 is 0 Å². The SMILES string of the molecule is CCOC(=O)c1csc2ncn(C(C)C(=O)c3ccc4c(c3)N(CC)C(=O)CO4)c(=O)c12. The molecule has 1 aromatic carbocycles. The molecule has 9 nitrogen and oxygen atoms in total. The zero-order valence-electron chi connectivity index (χ0n) is 17.8. The molecule has 0 spiro atoms. The molecule has 4 rings (SSSR count). The molecule has 0 bridgehead atoms. The van der Waals surface area contributed by atoms with Crippen LogP contribution >= 0.6 is 11.3 Å². The zero-order chi connectivity index (χ0) is 23.0. The van der Waals surface area contributed by atoms with Gasteiger partial charge in [0.1, 0.15) is 10.6 Å². The lowest BCUT2D eigenvalue weighted by Gasteiger charge is -2.28. The molecule has 3 heterocycles. The maximum atomic E-state index is 13.2. The molecule has 0 saturated heterocycles. The first-order chi connectivity index (χ1) is 15.4. The van der Waals surface area contributed by atoms with Crippen LogP contribution in [0.5, 0.6) is 5.75 Å². The number of anilines is 1. The van der Waals surface area contributed by atoms with Crippen LogP contribution in [0.4, 0.5) is 5.69 Å². The second-order valence-corrected chi connectivity index (χ2v) is 8.01. The van der Waals surface area contributed by atoms with Gasteiger partial charge in [-0.05, 0) is 39.0 Å². The maximum Gasteiger partial charge on any atom is 0.339 e. The Balaban J connectivity index is 1.72. The van der Waals surface area contributed by atoms with Gasteiger partial charge in [-0.3, -0.25) is 19.0 Å². The Hall–Kier alpha value is -3.53. The zero-order valence-corrected chi connectivity index (χ0v) is 18.6. The lowest BCUT2D eigenvalue weighted by Crippen LogP contribution is -2.38. The van der Waals surface area contributed by atoms with Crippen LogP contribution in [0, 0.1) is 0 Å². The summed E-state index contributed by atoms with van der Waals surface area (Å²) in [7, 11) is 0. The third kappa shape index (κ3) is 3.56. The first-order valence-corrected chi connectivity index (χ1v) is 11.0. The number of ketones is 1. The summed E-state index contributed by atoms with van der Waals surface area (Å²) in [6.45, 7) is 5.69. The number of hydrogen-bond acceptors (Lipinski definition) is 8. The Bertz CT molecular complexity index is 1290. The Morgan fingerprint density at radius 1 is 1.28 bits per heavy atom. The van der Waals surface area contributed by atoms with Gasteiger partial charge in [-0.25, -0.2) is 9.78 Å². The van der Waals surface area contributed by atoms with E-state index in [0.29, 0.717) is 28.4 Å². The average molecular weight is 455 g/mol. The number of amides is 1. The van der Waals surface area contributed by atoms with Crippen molar-refractivity contribution in [2.24, 2.45) is 0 Å². The standard InChI is InChI=1S/C22H21N3O6S/c1-4-24-15-8-13(6-7-16(15)31-9-17(24)26)19(27)12(3)25-11-23-20-18(21(25)28)14(10-32-20)22(29)30-5-2/h6-8,10-12H,4-5,9H2,1-3H3. The van der Waals surface area contributed by atoms with Gasteiger partial charge < -0.3 is 14.4 Å². The predicted octanol–water partition coefficient (Wildman–Crippen LogP) is 2.82. The molecule has 2 aromatic heterocycles. The van der Waals surface area contributed by atoms with E-state index in [4.69, 9.17) is 9.47 Å². The summed E-state index contributed by atoms with van der Waals surface area (Å²) < 4.78 is 11.7. The van der Waals surface area contributed by atoms with Crippen molar-refractivity contribution in [1.29, 1.82) is 0 Å². The minimum atomic E-state index is -0.886. The molecule has 1 amide bonds. The Morgan fingerprint density at radius 2 is 2.06 bits per heavy atom. The highest BCUT2D eigenvalue weighted by molar-refractivity contribution is 7.17. The number of aromatic nitrogens is 2. The van der Waals surface area contributed by atoms with Crippen LogP contribution in [0.1, 0.15) is 47.5 Å². The van der Waals surface area contributed by atoms with Crippen molar-refractivity contribution in [2.75, 3.05) is 24.7 Å². The number of carbonyl (C=O) groups is 3. The summed E-state index contributed by atoms with van der Waals surface area (Å²) in [4.78, 5) is 57.0. The summed E-state index contributed by atoms with van der Waals surface area (Å²) in [6.07, 6.45) is 1.31. The first-order valence-electron chi connectivity index (χ1n) is 10.1. The van der Waals surface area contributed by atoms with Gasteiger partial charge in [-0.1, -0.05) is 0 Å². The molecule has 1 atom stereocenters. The van der Waals surface area contributed by atoms with Gasteiger partial charge in [0.05, 0.1) is 35.6 Å². The molecule has 1 aliphatic heterocycles. The van der Waals surface area contributed by atoms with Crippen LogP contribution in [0.15, 0.2) is 34.7 Å². The molecular weight excluding hydrogens is 434 g/mol. The number of benzene rings is 1. The van der Waals surface area contributed by atoms with E-state index in [1.165, 1.54) is 16.3 Å². The number of nitrogens with zero attached hydrogens (tertiary/aromatic N) is 3. The van der Waals surface area contributed by atoms with Gasteiger partial charge in [0.15, 0.2) is 12.4 Å². The van der Waals surface area contributed by atoms with Gasteiger partial charge in [0.2, 0.25) is 0 Å². The fourth-order valence-corrected chi connectivity index (χ4v) is 4.52. The third-order valence-electron chi connectivity index (χ3n) is 5.31. The molecule has 0 saturated carbocycles. The molecule has 166 valence electrons. The quantitative estimate of drug-likeness (QED) is 0.415. The van der Waals surface area contributed by atoms with Crippen molar-refractivity contribution in [2.45, 2.75) is 26.8 Å². The number of likely N-dealkylation sites (N-methyl/N-ethyl adjacent to an activating group) is 1. The normalized spacial score (nSPS) is 14.1. The molecular formula is C22H21N3O6S. The number of carbonyl (C=O) groups excluding carboxylic acids is 3. The smallest absolute Gasteiger partial charge is 0.339 e. The predicted molar refractivity (Wildman–Crippen MR) is 119 cm³/mol. The number of esters is 1. The van der Waals surface area contributed by atoms with Crippen molar-refractivity contribution >= 4 is 44.9 Å². The number of ether oxygens (including phenoxy) is 2. The maximum absolute atomic E-state index is 13.2. The van der Waals surface area contributed by atoms with Crippen LogP contribution in [0.25, 0.3) is 10.2 Å². The monoisotopic (exact) mass is 455 g/mol. The molecule has 1 unspecified atom stereocenters. The highest BCUT2D eigenvalue weighted by Gasteiger charge is 2.27. The second-order valence-electron chi connectivity index (χ2n) is 7.16. The average Bonchev–Trinajstić information content (AvgIpc) is 3.23. The minimum Gasteiger partial charge on any atom is -0.482 e. The van der Waals surface area contributed by atoms with E-state index in [0.717, 1.165) is 11.3 Å². The molecule has 0 aliphatic carbocycles. The third-order valence-corrected chi connectivity index (χ3v) is 6.20. The van der Waals surface area contributed by atoms with Gasteiger partial charge in [-0.2, -0.15) is 0 Å². The molecule has 10 heteroatoms. The Morgan fingerprint density at radius 3 is 2.78 bits per heavy atom. The van der Waals surface area contributed by atoms with Crippen LogP contribution in [0.2, 0.25) is 0 Å². The molecule has 0 N–H and O–H groups in total. The lowest BCUT2D eigenvalue weighted by molar-refractivity contribution is -0.121. The number of fused-ring (bicyclic) bond motifs is 2. The molecule has 3 aromatic rings. The van der Waals surface area contributed by atoms with Crippen molar-refractivity contribution in [3.05, 3.63) is 51.4 Å². The molecule has 0 fully saturated rings. The summed E-state index contributed by atoms with van der Waals surface area (Å²) >= 11 is 1.16. The van der Waals surface area contributed by atoms with Crippen molar-refractivity contribution < 1.29 is 23.9 Å². The largest absolute Gasteiger partial charge is 0.482 e. The van der Waals surface area contributed by atoms with Gasteiger partial charge in [0.25, 0.3) is 11.5 Å². The first kappa shape index (κ1) is 21.7. The number of Topliss-reactive ketones (excluding diaryl/α,β-unsaturated/α-hetero) is 1. The van der Waals surface area contributed by atoms with E-state index < -0.39 is 17.6 Å². The second kappa shape index (κ2) is 8.54. The van der Waals surface area contributed by atoms with Crippen LogP contribution in [-0.4, -0.2) is 47.0 Å². The fraction of sp³-hybridized carbons (Fsp3) is 0.318. The van der Waals surface area contributed by atoms with Crippen molar-refractivity contribution in [1.82, 2.24) is 9.55 Å². The van der Waals surface area contributed by atoms with Gasteiger partial charge >= 0.3 is 5.97 Å². The summed E-state index contributed by atoms with van der Waals surface area (Å²) in [5.41, 5.74) is 0.495. The van der Waals surface area contributed by atoms with Crippen LogP contribution in [0.3, 0.4) is 0 Å². The molecule has 0 radical (unpaired) electrons. The molecule has 1 aliphatic rings. The number of thiophene rings is 1. The summed E-state index contributed by atoms with van der Waals surface area (Å²) in [5.74, 6) is -0.604. The summed E-state index contributed by atoms with van der Waals surface area (Å²) in [5, 5.41) is 1.67. The van der Waals surface area contributed by atoms with Gasteiger partial charge in [-0.15, -0.1) is 11.3 Å². The van der Waals surface area contributed by atoms with Crippen molar-refractivity contribution in [3.63, 3.8) is 0 Å². The van der Waals surface area contributed by atoms with Crippen molar-refractivity contribution in [3.8, 4) is 5.75 Å². The Labute approximate surface area is 187 Å². The van der Waals surface area contributed by atoms with E-state index in [1.54, 1.807) is 36.9 Å². The highest BCUT2D eigenvalue weighted by atomic mass is 32.1. The fourth-order valence-electron chi connectivity index (χ4n) is 3.65. The van der Waals surface area contributed by atoms with E-state index in [2.05, 4.69) is 4.98 Å². The molecule has 32 heavy (non-hydrogen) atoms. The van der Waals surface area contributed by atoms with Crippen LogP contribution < -0.4 is 15.2 Å². The lowest BCUT2D eigenvalue weighted by atomic mass is 10.0. The Kier molecular flexibility index (Phi) is 5.79. The topological polar surface area (TPSA) is 108 Å². The van der Waals surface area contributed by atoms with E-state index in [9.17, 15) is 19.2 Å². The minimum absolute atomic E-state index is 0.0466. The van der Waals surface area contributed by atoms with E-state index in [1.807, 2.05) is 6.92 Å². The number of rotatable bonds is 6. The summed E-state index contributed by atoms with van der Waals surface area (Å²) in [6, 6.07) is 3.96. The number of hydrogen-bond donors (Lipinski definition) is 0. The van der Waals surface area contributed by atoms with E-state index in [-0.39, 0.29) is 35.9 Å². The van der Waals surface area contributed by atoms with Crippen LogP contribution in [-0.2, 0) is 9.53 Å².